The molecule has 0 saturated heterocycles. The second-order valence-electron chi connectivity index (χ2n) is 6.05. The largest absolute Gasteiger partial charge is 0.494 e. The lowest BCUT2D eigenvalue weighted by Crippen LogP contribution is -1.95. The molecule has 0 aliphatic rings. The lowest BCUT2D eigenvalue weighted by atomic mass is 10.1. The minimum atomic E-state index is 0.768. The van der Waals surface area contributed by atoms with Crippen LogP contribution < -0.4 is 4.74 Å². The van der Waals surface area contributed by atoms with Gasteiger partial charge in [0.05, 0.1) is 6.61 Å². The van der Waals surface area contributed by atoms with Crippen LogP contribution in [-0.2, 0) is 6.42 Å². The molecule has 132 valence electrons. The van der Waals surface area contributed by atoms with E-state index in [1.165, 1.54) is 12.0 Å². The Hall–Kier alpha value is -2.90. The van der Waals surface area contributed by atoms with Crippen molar-refractivity contribution in [3.05, 3.63) is 77.4 Å². The van der Waals surface area contributed by atoms with Crippen LogP contribution in [0.2, 0.25) is 0 Å². The maximum absolute atomic E-state index is 5.64. The van der Waals surface area contributed by atoms with Gasteiger partial charge in [-0.25, -0.2) is 0 Å². The fourth-order valence-corrected chi connectivity index (χ4v) is 2.35. The average Bonchev–Trinajstić information content (AvgIpc) is 2.67. The van der Waals surface area contributed by atoms with E-state index in [2.05, 4.69) is 61.8 Å². The van der Waals surface area contributed by atoms with E-state index in [0.717, 1.165) is 42.7 Å². The van der Waals surface area contributed by atoms with Gasteiger partial charge in [-0.05, 0) is 67.0 Å². The first-order valence-corrected chi connectivity index (χ1v) is 9.31. The average molecular weight is 342 g/mol. The molecule has 2 aromatic carbocycles. The summed E-state index contributed by atoms with van der Waals surface area (Å²) >= 11 is 0. The lowest BCUT2D eigenvalue weighted by Gasteiger charge is -2.04. The number of rotatable bonds is 6. The summed E-state index contributed by atoms with van der Waals surface area (Å²) in [4.78, 5) is 0. The van der Waals surface area contributed by atoms with E-state index < -0.39 is 0 Å². The first kappa shape index (κ1) is 19.4. The summed E-state index contributed by atoms with van der Waals surface area (Å²) in [6.07, 6.45) is 8.08. The van der Waals surface area contributed by atoms with Gasteiger partial charge in [0.1, 0.15) is 5.75 Å². The third-order valence-electron chi connectivity index (χ3n) is 3.80. The molecule has 0 unspecified atom stereocenters. The van der Waals surface area contributed by atoms with Gasteiger partial charge in [-0.2, -0.15) is 0 Å². The molecule has 2 rings (SSSR count). The van der Waals surface area contributed by atoms with Crippen molar-refractivity contribution in [1.82, 2.24) is 0 Å². The normalized spacial score (nSPS) is 9.92. The van der Waals surface area contributed by atoms with Gasteiger partial charge in [0, 0.05) is 11.1 Å². The quantitative estimate of drug-likeness (QED) is 0.478. The summed E-state index contributed by atoms with van der Waals surface area (Å²) in [6.45, 7) is 5.11. The zero-order valence-corrected chi connectivity index (χ0v) is 15.7. The molecule has 26 heavy (non-hydrogen) atoms. The molecule has 0 saturated carbocycles. The summed E-state index contributed by atoms with van der Waals surface area (Å²) in [5.74, 6) is 13.2. The molecule has 0 N–H and O–H groups in total. The first-order chi connectivity index (χ1) is 12.8. The fraction of sp³-hybridized carbons (Fsp3) is 0.280. The zero-order valence-electron chi connectivity index (χ0n) is 15.7. The molecule has 0 atom stereocenters. The van der Waals surface area contributed by atoms with Gasteiger partial charge in [-0.15, -0.1) is 0 Å². The Labute approximate surface area is 158 Å². The summed E-state index contributed by atoms with van der Waals surface area (Å²) in [5.41, 5.74) is 3.36. The van der Waals surface area contributed by atoms with Crippen LogP contribution in [0.25, 0.3) is 0 Å². The molecule has 0 radical (unpaired) electrons. The van der Waals surface area contributed by atoms with Crippen LogP contribution in [0.1, 0.15) is 49.8 Å². The Bertz CT molecular complexity index is 803. The van der Waals surface area contributed by atoms with Crippen molar-refractivity contribution >= 4 is 0 Å². The van der Waals surface area contributed by atoms with Gasteiger partial charge in [0.25, 0.3) is 0 Å². The highest BCUT2D eigenvalue weighted by Crippen LogP contribution is 2.12. The third kappa shape index (κ3) is 7.33. The molecule has 2 aromatic rings. The van der Waals surface area contributed by atoms with Crippen molar-refractivity contribution in [3.8, 4) is 29.4 Å². The lowest BCUT2D eigenvalue weighted by molar-refractivity contribution is 0.309. The number of unbranched alkanes of at least 4 members (excludes halogenated alkanes) is 1. The highest BCUT2D eigenvalue weighted by Gasteiger charge is 1.93. The van der Waals surface area contributed by atoms with E-state index in [0.29, 0.717) is 0 Å². The molecule has 0 amide bonds. The molecule has 1 nitrogen and oxygen atoms in total. The fourth-order valence-electron chi connectivity index (χ4n) is 2.35. The van der Waals surface area contributed by atoms with Crippen LogP contribution >= 0.6 is 0 Å². The topological polar surface area (TPSA) is 9.23 Å². The maximum Gasteiger partial charge on any atom is 0.119 e. The first-order valence-electron chi connectivity index (χ1n) is 9.31. The minimum absolute atomic E-state index is 0.768. The summed E-state index contributed by atoms with van der Waals surface area (Å²) in [5, 5.41) is 0. The van der Waals surface area contributed by atoms with Crippen molar-refractivity contribution in [1.29, 1.82) is 0 Å². The second kappa shape index (κ2) is 11.6. The van der Waals surface area contributed by atoms with Crippen molar-refractivity contribution in [2.75, 3.05) is 6.61 Å². The smallest absolute Gasteiger partial charge is 0.119 e. The Morgan fingerprint density at radius 2 is 1.35 bits per heavy atom. The van der Waals surface area contributed by atoms with Gasteiger partial charge < -0.3 is 4.74 Å². The van der Waals surface area contributed by atoms with E-state index in [1.54, 1.807) is 12.2 Å². The summed E-state index contributed by atoms with van der Waals surface area (Å²) in [6, 6.07) is 16.3. The molecule has 0 spiro atoms. The molecule has 1 heteroatoms. The van der Waals surface area contributed by atoms with Gasteiger partial charge in [0.2, 0.25) is 0 Å². The molecule has 0 heterocycles. The monoisotopic (exact) mass is 342 g/mol. The summed E-state index contributed by atoms with van der Waals surface area (Å²) < 4.78 is 5.64. The van der Waals surface area contributed by atoms with Crippen LogP contribution in [0.5, 0.6) is 5.75 Å². The Morgan fingerprint density at radius 3 is 1.88 bits per heavy atom. The Kier molecular flexibility index (Phi) is 8.68. The van der Waals surface area contributed by atoms with E-state index in [4.69, 9.17) is 4.74 Å². The van der Waals surface area contributed by atoms with Gasteiger partial charge in [-0.3, -0.25) is 0 Å². The van der Waals surface area contributed by atoms with Crippen molar-refractivity contribution in [2.24, 2.45) is 0 Å². The molecule has 0 aliphatic heterocycles. The van der Waals surface area contributed by atoms with Gasteiger partial charge in [-0.1, -0.05) is 62.5 Å². The van der Waals surface area contributed by atoms with Gasteiger partial charge >= 0.3 is 0 Å². The molecule has 0 aromatic heterocycles. The van der Waals surface area contributed by atoms with E-state index >= 15 is 0 Å². The third-order valence-corrected chi connectivity index (χ3v) is 3.80. The molecule has 0 aliphatic carbocycles. The molecular formula is C25H26O. The zero-order chi connectivity index (χ0) is 18.5. The van der Waals surface area contributed by atoms with E-state index in [-0.39, 0.29) is 0 Å². The maximum atomic E-state index is 5.64. The van der Waals surface area contributed by atoms with Gasteiger partial charge in [0.15, 0.2) is 0 Å². The molecular weight excluding hydrogens is 316 g/mol. The standard InChI is InChI=1S/C25H26O/c1-3-5-21-26-25-19-17-24(18-20-25)12-9-7-6-8-11-23-15-13-22(10-4-2)14-16-23/h6-7,13-20H,3-5,10,21H2,1-2H3. The highest BCUT2D eigenvalue weighted by atomic mass is 16.5. The number of allylic oxidation sites excluding steroid dienone is 2. The SMILES string of the molecule is CCCCOc1ccc(C#CC=CC#Cc2ccc(CCC)cc2)cc1. The number of aryl methyl sites for hydroxylation is 1. The van der Waals surface area contributed by atoms with Crippen LogP contribution in [0.15, 0.2) is 60.7 Å². The number of hydrogen-bond donors (Lipinski definition) is 0. The van der Waals surface area contributed by atoms with Crippen molar-refractivity contribution in [2.45, 2.75) is 39.5 Å². The van der Waals surface area contributed by atoms with E-state index in [9.17, 15) is 0 Å². The van der Waals surface area contributed by atoms with Crippen molar-refractivity contribution < 1.29 is 4.74 Å². The molecule has 0 bridgehead atoms. The van der Waals surface area contributed by atoms with Crippen LogP contribution in [0.3, 0.4) is 0 Å². The number of ether oxygens (including phenoxy) is 1. The highest BCUT2D eigenvalue weighted by molar-refractivity contribution is 5.42. The van der Waals surface area contributed by atoms with Crippen LogP contribution in [-0.4, -0.2) is 6.61 Å². The predicted octanol–water partition coefficient (Wildman–Crippen LogP) is 5.78. The van der Waals surface area contributed by atoms with E-state index in [1.807, 2.05) is 24.3 Å². The van der Waals surface area contributed by atoms with Crippen LogP contribution in [0.4, 0.5) is 0 Å². The number of hydrogen-bond acceptors (Lipinski definition) is 1. The number of benzene rings is 2. The molecule has 0 fully saturated rings. The Balaban J connectivity index is 1.84. The minimum Gasteiger partial charge on any atom is -0.494 e. The predicted molar refractivity (Wildman–Crippen MR) is 110 cm³/mol. The van der Waals surface area contributed by atoms with Crippen molar-refractivity contribution in [3.63, 3.8) is 0 Å². The van der Waals surface area contributed by atoms with Crippen LogP contribution in [0, 0.1) is 23.7 Å². The summed E-state index contributed by atoms with van der Waals surface area (Å²) in [7, 11) is 0. The Morgan fingerprint density at radius 1 is 0.769 bits per heavy atom. The second-order valence-corrected chi connectivity index (χ2v) is 6.05.